The van der Waals surface area contributed by atoms with Gasteiger partial charge in [0.15, 0.2) is 0 Å². The van der Waals surface area contributed by atoms with Crippen LogP contribution in [0.5, 0.6) is 0 Å². The molecule has 5 nitrogen and oxygen atoms in total. The van der Waals surface area contributed by atoms with Crippen molar-refractivity contribution in [3.8, 4) is 5.69 Å². The van der Waals surface area contributed by atoms with Crippen LogP contribution in [0.4, 0.5) is 13.2 Å². The Morgan fingerprint density at radius 1 is 1.40 bits per heavy atom. The predicted molar refractivity (Wildman–Crippen MR) is 86.8 cm³/mol. The normalized spacial score (nSPS) is 12.9. The summed E-state index contributed by atoms with van der Waals surface area (Å²) in [6, 6.07) is 4.87. The first-order valence-corrected chi connectivity index (χ1v) is 7.73. The molecule has 0 aliphatic carbocycles. The maximum atomic E-state index is 12.4. The minimum atomic E-state index is -4.38. The van der Waals surface area contributed by atoms with Crippen molar-refractivity contribution in [3.05, 3.63) is 47.5 Å². The second kappa shape index (κ2) is 7.69. The highest BCUT2D eigenvalue weighted by atomic mass is 19.4. The molecule has 0 saturated carbocycles. The fourth-order valence-corrected chi connectivity index (χ4v) is 2.57. The highest BCUT2D eigenvalue weighted by Gasteiger charge is 2.28. The quantitative estimate of drug-likeness (QED) is 0.866. The molecule has 0 aliphatic heterocycles. The second-order valence-corrected chi connectivity index (χ2v) is 5.84. The largest absolute Gasteiger partial charge is 0.411 e. The first-order valence-electron chi connectivity index (χ1n) is 7.73. The zero-order valence-electron chi connectivity index (χ0n) is 14.2. The summed E-state index contributed by atoms with van der Waals surface area (Å²) in [5.74, 6) is -0.355. The molecule has 0 spiro atoms. The first kappa shape index (κ1) is 19.0. The number of amides is 1. The van der Waals surface area contributed by atoms with Crippen molar-refractivity contribution in [2.24, 2.45) is 0 Å². The SMILES string of the molecule is Cc1cc(C(=O)NC(C)COCC(F)(F)F)c(C)n1-c1cccnc1. The maximum Gasteiger partial charge on any atom is 0.411 e. The van der Waals surface area contributed by atoms with Gasteiger partial charge in [0, 0.05) is 23.6 Å². The zero-order valence-corrected chi connectivity index (χ0v) is 14.2. The van der Waals surface area contributed by atoms with Gasteiger partial charge in [-0.1, -0.05) is 0 Å². The van der Waals surface area contributed by atoms with Crippen molar-refractivity contribution in [2.75, 3.05) is 13.2 Å². The number of rotatable bonds is 6. The van der Waals surface area contributed by atoms with E-state index in [1.54, 1.807) is 38.4 Å². The third-order valence-corrected chi connectivity index (χ3v) is 3.59. The van der Waals surface area contributed by atoms with Crippen LogP contribution in [0.2, 0.25) is 0 Å². The number of hydrogen-bond acceptors (Lipinski definition) is 3. The Kier molecular flexibility index (Phi) is 5.84. The molecule has 2 aromatic rings. The summed E-state index contributed by atoms with van der Waals surface area (Å²) in [6.45, 7) is 3.72. The molecule has 1 atom stereocenters. The van der Waals surface area contributed by atoms with Crippen molar-refractivity contribution < 1.29 is 22.7 Å². The smallest absolute Gasteiger partial charge is 0.370 e. The van der Waals surface area contributed by atoms with Crippen LogP contribution in [0.25, 0.3) is 5.69 Å². The molecule has 2 heterocycles. The average Bonchev–Trinajstić information content (AvgIpc) is 2.81. The van der Waals surface area contributed by atoms with Crippen LogP contribution in [-0.2, 0) is 4.74 Å². The Balaban J connectivity index is 2.05. The van der Waals surface area contributed by atoms with Crippen LogP contribution in [0.1, 0.15) is 28.7 Å². The van der Waals surface area contributed by atoms with E-state index in [-0.39, 0.29) is 12.5 Å². The van der Waals surface area contributed by atoms with Gasteiger partial charge in [0.2, 0.25) is 0 Å². The molecule has 0 radical (unpaired) electrons. The lowest BCUT2D eigenvalue weighted by molar-refractivity contribution is -0.174. The van der Waals surface area contributed by atoms with E-state index in [2.05, 4.69) is 15.0 Å². The molecule has 2 aromatic heterocycles. The number of nitrogens with one attached hydrogen (secondary N) is 1. The average molecular weight is 355 g/mol. The number of carbonyl (C=O) groups excluding carboxylic acids is 1. The van der Waals surface area contributed by atoms with Gasteiger partial charge in [-0.3, -0.25) is 9.78 Å². The van der Waals surface area contributed by atoms with Crippen molar-refractivity contribution in [2.45, 2.75) is 33.0 Å². The lowest BCUT2D eigenvalue weighted by atomic mass is 10.2. The third-order valence-electron chi connectivity index (χ3n) is 3.59. The van der Waals surface area contributed by atoms with Gasteiger partial charge in [0.05, 0.1) is 24.1 Å². The summed E-state index contributed by atoms with van der Waals surface area (Å²) in [7, 11) is 0. The second-order valence-electron chi connectivity index (χ2n) is 5.84. The van der Waals surface area contributed by atoms with E-state index in [0.29, 0.717) is 5.56 Å². The van der Waals surface area contributed by atoms with Gasteiger partial charge < -0.3 is 14.6 Å². The van der Waals surface area contributed by atoms with E-state index in [9.17, 15) is 18.0 Å². The van der Waals surface area contributed by atoms with E-state index in [1.807, 2.05) is 17.6 Å². The van der Waals surface area contributed by atoms with Gasteiger partial charge in [-0.15, -0.1) is 0 Å². The molecule has 0 aromatic carbocycles. The van der Waals surface area contributed by atoms with Crippen LogP contribution >= 0.6 is 0 Å². The third kappa shape index (κ3) is 5.06. The van der Waals surface area contributed by atoms with Crippen molar-refractivity contribution in [3.63, 3.8) is 0 Å². The van der Waals surface area contributed by atoms with E-state index >= 15 is 0 Å². The number of alkyl halides is 3. The highest BCUT2D eigenvalue weighted by molar-refractivity contribution is 5.96. The number of ether oxygens (including phenoxy) is 1. The summed E-state index contributed by atoms with van der Waals surface area (Å²) < 4.78 is 42.7. The first-order chi connectivity index (χ1) is 11.7. The Morgan fingerprint density at radius 3 is 2.72 bits per heavy atom. The van der Waals surface area contributed by atoms with Crippen LogP contribution < -0.4 is 5.32 Å². The van der Waals surface area contributed by atoms with Crippen LogP contribution in [-0.4, -0.2) is 40.9 Å². The monoisotopic (exact) mass is 355 g/mol. The molecule has 8 heteroatoms. The van der Waals surface area contributed by atoms with Gasteiger partial charge >= 0.3 is 6.18 Å². The van der Waals surface area contributed by atoms with E-state index in [0.717, 1.165) is 17.1 Å². The zero-order chi connectivity index (χ0) is 18.6. The topological polar surface area (TPSA) is 56.1 Å². The number of halogens is 3. The van der Waals surface area contributed by atoms with Gasteiger partial charge in [0.25, 0.3) is 5.91 Å². The molecule has 1 amide bonds. The fourth-order valence-electron chi connectivity index (χ4n) is 2.57. The molecule has 1 N–H and O–H groups in total. The molecule has 2 rings (SSSR count). The van der Waals surface area contributed by atoms with E-state index < -0.39 is 18.8 Å². The van der Waals surface area contributed by atoms with Gasteiger partial charge in [-0.25, -0.2) is 0 Å². The van der Waals surface area contributed by atoms with E-state index in [1.165, 1.54) is 0 Å². The molecule has 25 heavy (non-hydrogen) atoms. The Hall–Kier alpha value is -2.35. The number of aryl methyl sites for hydroxylation is 1. The number of hydrogen-bond donors (Lipinski definition) is 1. The highest BCUT2D eigenvalue weighted by Crippen LogP contribution is 2.20. The molecular weight excluding hydrogens is 335 g/mol. The van der Waals surface area contributed by atoms with Gasteiger partial charge in [-0.05, 0) is 39.0 Å². The lowest BCUT2D eigenvalue weighted by Gasteiger charge is -2.15. The molecule has 1 unspecified atom stereocenters. The number of aromatic nitrogens is 2. The van der Waals surface area contributed by atoms with Crippen LogP contribution in [0, 0.1) is 13.8 Å². The molecule has 0 bridgehead atoms. The summed E-state index contributed by atoms with van der Waals surface area (Å²) in [5.41, 5.74) is 2.88. The van der Waals surface area contributed by atoms with Gasteiger partial charge in [0.1, 0.15) is 6.61 Å². The minimum absolute atomic E-state index is 0.216. The molecule has 136 valence electrons. The summed E-state index contributed by atoms with van der Waals surface area (Å²) in [5, 5.41) is 2.66. The Morgan fingerprint density at radius 2 is 2.12 bits per heavy atom. The number of carbonyl (C=O) groups is 1. The molecule has 0 aliphatic rings. The summed E-state index contributed by atoms with van der Waals surface area (Å²) >= 11 is 0. The van der Waals surface area contributed by atoms with Crippen molar-refractivity contribution in [1.82, 2.24) is 14.9 Å². The molecule has 0 fully saturated rings. The van der Waals surface area contributed by atoms with E-state index in [4.69, 9.17) is 0 Å². The Bertz CT molecular complexity index is 727. The summed E-state index contributed by atoms with van der Waals surface area (Å²) in [6.07, 6.45) is -1.03. The lowest BCUT2D eigenvalue weighted by Crippen LogP contribution is -2.37. The van der Waals surface area contributed by atoms with Gasteiger partial charge in [-0.2, -0.15) is 13.2 Å². The number of pyridine rings is 1. The maximum absolute atomic E-state index is 12.4. The minimum Gasteiger partial charge on any atom is -0.370 e. The molecular formula is C17H20F3N3O2. The van der Waals surface area contributed by atoms with Crippen LogP contribution in [0.15, 0.2) is 30.6 Å². The standard InChI is InChI=1S/C17H20F3N3O2/c1-11(9-25-10-17(18,19)20)22-16(24)15-7-12(2)23(13(15)3)14-5-4-6-21-8-14/h4-8,11H,9-10H2,1-3H3,(H,22,24). The summed E-state index contributed by atoms with van der Waals surface area (Å²) in [4.78, 5) is 16.5. The van der Waals surface area contributed by atoms with Crippen molar-refractivity contribution in [1.29, 1.82) is 0 Å². The molecule has 0 saturated heterocycles. The van der Waals surface area contributed by atoms with Crippen LogP contribution in [0.3, 0.4) is 0 Å². The van der Waals surface area contributed by atoms with Crippen molar-refractivity contribution >= 4 is 5.91 Å². The Labute approximate surface area is 143 Å². The fraction of sp³-hybridized carbons (Fsp3) is 0.412. The number of nitrogens with zero attached hydrogens (tertiary/aromatic N) is 2. The predicted octanol–water partition coefficient (Wildman–Crippen LogP) is 3.19.